The molecule has 0 unspecified atom stereocenters. The van der Waals surface area contributed by atoms with Crippen LogP contribution in [0.5, 0.6) is 0 Å². The Morgan fingerprint density at radius 3 is 2.40 bits per heavy atom. The molecule has 2 amide bonds. The molecule has 0 aliphatic rings. The van der Waals surface area contributed by atoms with Gasteiger partial charge in [0.2, 0.25) is 0 Å². The van der Waals surface area contributed by atoms with Crippen molar-refractivity contribution in [3.8, 4) is 0 Å². The van der Waals surface area contributed by atoms with Crippen molar-refractivity contribution in [1.29, 1.82) is 0 Å². The van der Waals surface area contributed by atoms with E-state index in [0.717, 1.165) is 0 Å². The Morgan fingerprint density at radius 2 is 1.75 bits per heavy atom. The predicted octanol–water partition coefficient (Wildman–Crippen LogP) is 1.61. The van der Waals surface area contributed by atoms with Gasteiger partial charge < -0.3 is 26.5 Å². The Labute approximate surface area is 113 Å². The smallest absolute Gasteiger partial charge is 0.382 e. The summed E-state index contributed by atoms with van der Waals surface area (Å²) >= 11 is 0. The number of nitro groups is 1. The molecule has 0 aromatic carbocycles. The van der Waals surface area contributed by atoms with E-state index in [1.807, 2.05) is 0 Å². The minimum absolute atomic E-state index is 0.0162. The van der Waals surface area contributed by atoms with Gasteiger partial charge in [0.25, 0.3) is 0 Å². The van der Waals surface area contributed by atoms with Crippen LogP contribution in [0.3, 0.4) is 0 Å². The zero-order valence-electron chi connectivity index (χ0n) is 10.1. The second-order valence-corrected chi connectivity index (χ2v) is 3.65. The van der Waals surface area contributed by atoms with Gasteiger partial charge in [-0.3, -0.25) is 0 Å². The summed E-state index contributed by atoms with van der Waals surface area (Å²) in [4.78, 5) is 29.2. The molecule has 0 atom stereocenters. The van der Waals surface area contributed by atoms with E-state index in [2.05, 4.69) is 20.6 Å². The summed E-state index contributed by atoms with van der Waals surface area (Å²) in [6.07, 6.45) is 2.74. The number of amides is 2. The lowest BCUT2D eigenvalue weighted by Crippen LogP contribution is -2.21. The first-order valence-electron chi connectivity index (χ1n) is 5.46. The highest BCUT2D eigenvalue weighted by molar-refractivity contribution is 6.02. The summed E-state index contributed by atoms with van der Waals surface area (Å²) in [7, 11) is 0. The number of urea groups is 1. The van der Waals surface area contributed by atoms with Crippen LogP contribution in [0.25, 0.3) is 0 Å². The maximum atomic E-state index is 11.8. The maximum Gasteiger partial charge on any atom is 0.387 e. The molecule has 2 aromatic heterocycles. The van der Waals surface area contributed by atoms with Gasteiger partial charge in [-0.2, -0.15) is 0 Å². The lowest BCUT2D eigenvalue weighted by molar-refractivity contribution is -0.388. The first-order valence-corrected chi connectivity index (χ1v) is 5.46. The molecule has 9 heteroatoms. The standard InChI is InChI=1S/C11H10N6O3/c12-9-7(3-1-5-13-9)15-11(18)16-8-4-2-6-14-10(8)17(19)20/h1-6H,(H2,12,13)(H2,15,16,18). The number of carbonyl (C=O) groups excluding carboxylic acids is 1. The van der Waals surface area contributed by atoms with Crippen molar-refractivity contribution in [1.82, 2.24) is 9.97 Å². The summed E-state index contributed by atoms with van der Waals surface area (Å²) in [6, 6.07) is 5.32. The predicted molar refractivity (Wildman–Crippen MR) is 72.2 cm³/mol. The number of anilines is 3. The molecular formula is C11H10N6O3. The van der Waals surface area contributed by atoms with E-state index in [4.69, 9.17) is 5.73 Å². The molecule has 9 nitrogen and oxygen atoms in total. The molecule has 0 aliphatic heterocycles. The Hall–Kier alpha value is -3.23. The highest BCUT2D eigenvalue weighted by Gasteiger charge is 2.16. The van der Waals surface area contributed by atoms with E-state index in [0.29, 0.717) is 5.69 Å². The van der Waals surface area contributed by atoms with Gasteiger partial charge in [-0.25, -0.2) is 9.78 Å². The topological polar surface area (TPSA) is 136 Å². The number of nitrogen functional groups attached to an aromatic ring is 1. The average molecular weight is 274 g/mol. The summed E-state index contributed by atoms with van der Waals surface area (Å²) in [5.74, 6) is -0.301. The highest BCUT2D eigenvalue weighted by atomic mass is 16.6. The van der Waals surface area contributed by atoms with E-state index in [1.54, 1.807) is 12.1 Å². The van der Waals surface area contributed by atoms with Crippen LogP contribution in [0.15, 0.2) is 36.7 Å². The van der Waals surface area contributed by atoms with Crippen LogP contribution in [0.4, 0.5) is 27.8 Å². The monoisotopic (exact) mass is 274 g/mol. The third-order valence-electron chi connectivity index (χ3n) is 2.29. The summed E-state index contributed by atoms with van der Waals surface area (Å²) in [5.41, 5.74) is 5.85. The van der Waals surface area contributed by atoms with Crippen molar-refractivity contribution in [2.24, 2.45) is 0 Å². The number of nitrogens with zero attached hydrogens (tertiary/aromatic N) is 3. The number of pyridine rings is 2. The lowest BCUT2D eigenvalue weighted by atomic mass is 10.3. The molecule has 4 N–H and O–H groups in total. The molecule has 0 saturated heterocycles. The average Bonchev–Trinajstić information content (AvgIpc) is 2.41. The molecule has 2 aromatic rings. The van der Waals surface area contributed by atoms with Crippen molar-refractivity contribution < 1.29 is 9.72 Å². The van der Waals surface area contributed by atoms with E-state index in [9.17, 15) is 14.9 Å². The third-order valence-corrected chi connectivity index (χ3v) is 2.29. The summed E-state index contributed by atoms with van der Waals surface area (Å²) < 4.78 is 0. The van der Waals surface area contributed by atoms with Crippen LogP contribution < -0.4 is 16.4 Å². The van der Waals surface area contributed by atoms with Crippen LogP contribution in [0.1, 0.15) is 0 Å². The normalized spacial score (nSPS) is 9.80. The van der Waals surface area contributed by atoms with Crippen LogP contribution in [0, 0.1) is 10.1 Å². The molecular weight excluding hydrogens is 264 g/mol. The van der Waals surface area contributed by atoms with Crippen molar-refractivity contribution in [2.45, 2.75) is 0 Å². The molecule has 20 heavy (non-hydrogen) atoms. The quantitative estimate of drug-likeness (QED) is 0.574. The van der Waals surface area contributed by atoms with Gasteiger partial charge in [0.05, 0.1) is 5.69 Å². The first-order chi connectivity index (χ1) is 9.58. The fourth-order valence-electron chi connectivity index (χ4n) is 1.44. The lowest BCUT2D eigenvalue weighted by Gasteiger charge is -2.08. The molecule has 2 rings (SSSR count). The van der Waals surface area contributed by atoms with E-state index in [-0.39, 0.29) is 11.5 Å². The molecule has 0 bridgehead atoms. The van der Waals surface area contributed by atoms with Gasteiger partial charge in [0.15, 0.2) is 0 Å². The van der Waals surface area contributed by atoms with Crippen molar-refractivity contribution in [2.75, 3.05) is 16.4 Å². The Morgan fingerprint density at radius 1 is 1.15 bits per heavy atom. The Bertz CT molecular complexity index is 660. The number of nitrogens with two attached hydrogens (primary N) is 1. The number of aromatic nitrogens is 2. The number of carbonyl (C=O) groups is 1. The van der Waals surface area contributed by atoms with Gasteiger partial charge in [-0.1, -0.05) is 0 Å². The first kappa shape index (κ1) is 13.2. The number of hydrogen-bond acceptors (Lipinski definition) is 6. The molecule has 0 spiro atoms. The van der Waals surface area contributed by atoms with Crippen molar-refractivity contribution in [3.05, 3.63) is 46.8 Å². The largest absolute Gasteiger partial charge is 0.387 e. The van der Waals surface area contributed by atoms with Crippen molar-refractivity contribution >= 4 is 29.0 Å². The molecule has 0 fully saturated rings. The fourth-order valence-corrected chi connectivity index (χ4v) is 1.44. The van der Waals surface area contributed by atoms with Gasteiger partial charge in [0, 0.05) is 6.20 Å². The van der Waals surface area contributed by atoms with E-state index < -0.39 is 16.8 Å². The Balaban J connectivity index is 2.13. The number of nitrogens with one attached hydrogen (secondary N) is 2. The van der Waals surface area contributed by atoms with Crippen molar-refractivity contribution in [3.63, 3.8) is 0 Å². The second kappa shape index (κ2) is 5.61. The van der Waals surface area contributed by atoms with Crippen LogP contribution in [-0.4, -0.2) is 20.9 Å². The third kappa shape index (κ3) is 2.96. The van der Waals surface area contributed by atoms with E-state index in [1.165, 1.54) is 24.5 Å². The Kier molecular flexibility index (Phi) is 3.70. The van der Waals surface area contributed by atoms with E-state index >= 15 is 0 Å². The summed E-state index contributed by atoms with van der Waals surface area (Å²) in [6.45, 7) is 0. The second-order valence-electron chi connectivity index (χ2n) is 3.65. The van der Waals surface area contributed by atoms with Gasteiger partial charge in [-0.15, -0.1) is 0 Å². The number of rotatable bonds is 3. The van der Waals surface area contributed by atoms with Gasteiger partial charge in [-0.05, 0) is 34.2 Å². The SMILES string of the molecule is Nc1ncccc1NC(=O)Nc1cccnc1[N+](=O)[O-]. The molecule has 0 saturated carbocycles. The fraction of sp³-hybridized carbons (Fsp3) is 0. The van der Waals surface area contributed by atoms with Gasteiger partial charge >= 0.3 is 11.8 Å². The molecule has 0 radical (unpaired) electrons. The maximum absolute atomic E-state index is 11.8. The zero-order valence-corrected chi connectivity index (χ0v) is 10.1. The number of hydrogen-bond donors (Lipinski definition) is 3. The molecule has 102 valence electrons. The summed E-state index contributed by atoms with van der Waals surface area (Å²) in [5, 5.41) is 15.5. The molecule has 0 aliphatic carbocycles. The zero-order chi connectivity index (χ0) is 14.5. The van der Waals surface area contributed by atoms with Crippen LogP contribution in [0.2, 0.25) is 0 Å². The van der Waals surface area contributed by atoms with Crippen LogP contribution >= 0.6 is 0 Å². The highest BCUT2D eigenvalue weighted by Crippen LogP contribution is 2.21. The van der Waals surface area contributed by atoms with Gasteiger partial charge in [0.1, 0.15) is 17.7 Å². The minimum atomic E-state index is -0.686. The van der Waals surface area contributed by atoms with Crippen LogP contribution in [-0.2, 0) is 0 Å². The molecule has 2 heterocycles. The minimum Gasteiger partial charge on any atom is -0.382 e.